The molecular formula is C19H27N5O3. The first-order chi connectivity index (χ1) is 12.7. The molecule has 0 aromatic carbocycles. The van der Waals surface area contributed by atoms with Crippen molar-refractivity contribution in [1.82, 2.24) is 24.2 Å². The van der Waals surface area contributed by atoms with E-state index in [2.05, 4.69) is 10.1 Å². The third-order valence-electron chi connectivity index (χ3n) is 4.88. The molecule has 1 amide bonds. The summed E-state index contributed by atoms with van der Waals surface area (Å²) >= 11 is 0. The van der Waals surface area contributed by atoms with Crippen LogP contribution in [0.4, 0.5) is 0 Å². The van der Waals surface area contributed by atoms with Crippen molar-refractivity contribution in [1.29, 1.82) is 0 Å². The van der Waals surface area contributed by atoms with Gasteiger partial charge in [-0.25, -0.2) is 9.67 Å². The molecule has 3 heterocycles. The van der Waals surface area contributed by atoms with Crippen LogP contribution >= 0.6 is 0 Å². The van der Waals surface area contributed by atoms with Crippen molar-refractivity contribution >= 4 is 5.91 Å². The van der Waals surface area contributed by atoms with Crippen molar-refractivity contribution in [3.63, 3.8) is 0 Å². The molecule has 0 radical (unpaired) electrons. The Hall–Kier alpha value is -2.48. The van der Waals surface area contributed by atoms with Crippen molar-refractivity contribution in [2.45, 2.75) is 60.3 Å². The first kappa shape index (κ1) is 19.3. The SMILES string of the molecule is Cc1cc(C)n(-c2nc(C)c(C)c(=O)n2CC(=O)N2CC(C)OC(C)C2)n1. The Kier molecular flexibility index (Phi) is 5.19. The molecule has 0 aliphatic carbocycles. The molecular weight excluding hydrogens is 346 g/mol. The van der Waals surface area contributed by atoms with E-state index < -0.39 is 0 Å². The van der Waals surface area contributed by atoms with Crippen LogP contribution in [0.15, 0.2) is 10.9 Å². The molecule has 2 aromatic rings. The lowest BCUT2D eigenvalue weighted by Crippen LogP contribution is -2.50. The van der Waals surface area contributed by atoms with E-state index in [1.54, 1.807) is 23.4 Å². The maximum Gasteiger partial charge on any atom is 0.258 e. The van der Waals surface area contributed by atoms with Gasteiger partial charge in [0.15, 0.2) is 0 Å². The fourth-order valence-electron chi connectivity index (χ4n) is 3.49. The lowest BCUT2D eigenvalue weighted by Gasteiger charge is -2.35. The van der Waals surface area contributed by atoms with Crippen LogP contribution < -0.4 is 5.56 Å². The third kappa shape index (κ3) is 3.80. The highest BCUT2D eigenvalue weighted by molar-refractivity contribution is 5.76. The summed E-state index contributed by atoms with van der Waals surface area (Å²) in [6.45, 7) is 12.2. The Morgan fingerprint density at radius 2 is 1.81 bits per heavy atom. The number of aryl methyl sites for hydroxylation is 3. The van der Waals surface area contributed by atoms with Gasteiger partial charge in [-0.15, -0.1) is 0 Å². The van der Waals surface area contributed by atoms with Gasteiger partial charge in [0.2, 0.25) is 11.9 Å². The van der Waals surface area contributed by atoms with E-state index >= 15 is 0 Å². The van der Waals surface area contributed by atoms with Gasteiger partial charge in [-0.2, -0.15) is 5.10 Å². The number of carbonyl (C=O) groups is 1. The van der Waals surface area contributed by atoms with Gasteiger partial charge in [0.05, 0.1) is 17.9 Å². The number of hydrogen-bond acceptors (Lipinski definition) is 5. The summed E-state index contributed by atoms with van der Waals surface area (Å²) in [6.07, 6.45) is -0.0504. The minimum atomic E-state index is -0.215. The molecule has 27 heavy (non-hydrogen) atoms. The number of ether oxygens (including phenoxy) is 1. The molecule has 1 saturated heterocycles. The Morgan fingerprint density at radius 3 is 2.37 bits per heavy atom. The predicted octanol–water partition coefficient (Wildman–Crippen LogP) is 1.30. The van der Waals surface area contributed by atoms with Gasteiger partial charge in [0, 0.05) is 30.0 Å². The van der Waals surface area contributed by atoms with Crippen LogP contribution in [-0.2, 0) is 16.1 Å². The molecule has 8 nitrogen and oxygen atoms in total. The van der Waals surface area contributed by atoms with Crippen molar-refractivity contribution in [2.75, 3.05) is 13.1 Å². The topological polar surface area (TPSA) is 82.2 Å². The van der Waals surface area contributed by atoms with Gasteiger partial charge in [-0.05, 0) is 47.6 Å². The summed E-state index contributed by atoms with van der Waals surface area (Å²) < 4.78 is 8.75. The zero-order valence-corrected chi connectivity index (χ0v) is 16.8. The molecule has 1 aliphatic heterocycles. The highest BCUT2D eigenvalue weighted by atomic mass is 16.5. The lowest BCUT2D eigenvalue weighted by atomic mass is 10.2. The smallest absolute Gasteiger partial charge is 0.258 e. The van der Waals surface area contributed by atoms with Crippen LogP contribution in [0.2, 0.25) is 0 Å². The van der Waals surface area contributed by atoms with Crippen LogP contribution in [0.1, 0.15) is 36.5 Å². The van der Waals surface area contributed by atoms with E-state index in [-0.39, 0.29) is 30.2 Å². The second kappa shape index (κ2) is 7.26. The Morgan fingerprint density at radius 1 is 1.19 bits per heavy atom. The Labute approximate surface area is 158 Å². The lowest BCUT2D eigenvalue weighted by molar-refractivity contribution is -0.143. The molecule has 0 saturated carbocycles. The first-order valence-corrected chi connectivity index (χ1v) is 9.22. The van der Waals surface area contributed by atoms with E-state index in [0.717, 1.165) is 11.4 Å². The van der Waals surface area contributed by atoms with Crippen LogP contribution in [0.5, 0.6) is 0 Å². The summed E-state index contributed by atoms with van der Waals surface area (Å²) in [4.78, 5) is 32.2. The number of rotatable bonds is 3. The normalized spacial score (nSPS) is 20.1. The molecule has 2 unspecified atom stereocenters. The molecule has 0 spiro atoms. The Bertz CT molecular complexity index is 920. The van der Waals surface area contributed by atoms with Gasteiger partial charge in [0.1, 0.15) is 6.54 Å². The zero-order valence-electron chi connectivity index (χ0n) is 16.8. The zero-order chi connectivity index (χ0) is 19.9. The molecule has 146 valence electrons. The van der Waals surface area contributed by atoms with Gasteiger partial charge in [-0.3, -0.25) is 14.2 Å². The molecule has 3 rings (SSSR count). The monoisotopic (exact) mass is 373 g/mol. The minimum Gasteiger partial charge on any atom is -0.372 e. The largest absolute Gasteiger partial charge is 0.372 e. The quantitative estimate of drug-likeness (QED) is 0.810. The van der Waals surface area contributed by atoms with Crippen LogP contribution in [0.3, 0.4) is 0 Å². The van der Waals surface area contributed by atoms with Crippen molar-refractivity contribution in [3.8, 4) is 5.95 Å². The van der Waals surface area contributed by atoms with E-state index in [1.807, 2.05) is 33.8 Å². The maximum atomic E-state index is 12.9. The summed E-state index contributed by atoms with van der Waals surface area (Å²) in [5.74, 6) is 0.253. The third-order valence-corrected chi connectivity index (χ3v) is 4.88. The highest BCUT2D eigenvalue weighted by Gasteiger charge is 2.27. The Balaban J connectivity index is 2.02. The van der Waals surface area contributed by atoms with Gasteiger partial charge >= 0.3 is 0 Å². The van der Waals surface area contributed by atoms with E-state index in [9.17, 15) is 9.59 Å². The number of nitrogens with zero attached hydrogens (tertiary/aromatic N) is 5. The highest BCUT2D eigenvalue weighted by Crippen LogP contribution is 2.14. The summed E-state index contributed by atoms with van der Waals surface area (Å²) in [6, 6.07) is 1.92. The summed E-state index contributed by atoms with van der Waals surface area (Å²) in [5, 5.41) is 4.45. The number of aromatic nitrogens is 4. The van der Waals surface area contributed by atoms with Crippen molar-refractivity contribution < 1.29 is 9.53 Å². The molecule has 8 heteroatoms. The molecule has 0 bridgehead atoms. The van der Waals surface area contributed by atoms with Crippen LogP contribution in [-0.4, -0.2) is 55.4 Å². The fraction of sp³-hybridized carbons (Fsp3) is 0.579. The second-order valence-corrected chi connectivity index (χ2v) is 7.41. The minimum absolute atomic E-state index is 0.0252. The molecule has 0 N–H and O–H groups in total. The number of hydrogen-bond donors (Lipinski definition) is 0. The molecule has 2 atom stereocenters. The maximum absolute atomic E-state index is 12.9. The molecule has 1 aliphatic rings. The fourth-order valence-corrected chi connectivity index (χ4v) is 3.49. The number of morpholine rings is 1. The van der Waals surface area contributed by atoms with E-state index in [0.29, 0.717) is 30.3 Å². The van der Waals surface area contributed by atoms with Gasteiger partial charge in [-0.1, -0.05) is 0 Å². The van der Waals surface area contributed by atoms with Crippen molar-refractivity contribution in [2.24, 2.45) is 0 Å². The average Bonchev–Trinajstić information content (AvgIpc) is 2.92. The van der Waals surface area contributed by atoms with Crippen LogP contribution in [0, 0.1) is 27.7 Å². The summed E-state index contributed by atoms with van der Waals surface area (Å²) in [7, 11) is 0. The number of amides is 1. The van der Waals surface area contributed by atoms with Crippen molar-refractivity contribution in [3.05, 3.63) is 39.1 Å². The standard InChI is InChI=1S/C19H27N5O3/c1-11-7-12(2)24(21-11)19-20-16(6)15(5)18(26)23(19)10-17(25)22-8-13(3)27-14(4)9-22/h7,13-14H,8-10H2,1-6H3. The predicted molar refractivity (Wildman–Crippen MR) is 101 cm³/mol. The van der Waals surface area contributed by atoms with E-state index in [1.165, 1.54) is 4.57 Å². The number of carbonyl (C=O) groups excluding carboxylic acids is 1. The second-order valence-electron chi connectivity index (χ2n) is 7.41. The first-order valence-electron chi connectivity index (χ1n) is 9.22. The summed E-state index contributed by atoms with van der Waals surface area (Å²) in [5.41, 5.74) is 2.65. The van der Waals surface area contributed by atoms with E-state index in [4.69, 9.17) is 4.74 Å². The molecule has 1 fully saturated rings. The van der Waals surface area contributed by atoms with Gasteiger partial charge < -0.3 is 9.64 Å². The van der Waals surface area contributed by atoms with Gasteiger partial charge in [0.25, 0.3) is 5.56 Å². The van der Waals surface area contributed by atoms with Crippen LogP contribution in [0.25, 0.3) is 5.95 Å². The average molecular weight is 373 g/mol. The molecule has 2 aromatic heterocycles.